The first-order valence-electron chi connectivity index (χ1n) is 6.95. The van der Waals surface area contributed by atoms with Gasteiger partial charge in [0, 0.05) is 0 Å². The van der Waals surface area contributed by atoms with Crippen LogP contribution in [0, 0.1) is 11.3 Å². The molecule has 0 aliphatic carbocycles. The number of allylic oxidation sites excluding steroid dienone is 3. The average Bonchev–Trinajstić information content (AvgIpc) is 2.20. The van der Waals surface area contributed by atoms with Gasteiger partial charge in [-0.3, -0.25) is 0 Å². The summed E-state index contributed by atoms with van der Waals surface area (Å²) in [6.07, 6.45) is 5.33. The summed E-state index contributed by atoms with van der Waals surface area (Å²) in [5.74, 6) is 0.833. The second kappa shape index (κ2) is 18.6. The first-order chi connectivity index (χ1) is 8.13. The number of hydrogen-bond acceptors (Lipinski definition) is 0. The molecule has 0 fully saturated rings. The van der Waals surface area contributed by atoms with E-state index in [2.05, 4.69) is 81.2 Å². The Morgan fingerprint density at radius 2 is 1.28 bits per heavy atom. The molecule has 0 unspecified atom stereocenters. The highest BCUT2D eigenvalue weighted by molar-refractivity contribution is 5.20. The maximum absolute atomic E-state index is 3.93. The van der Waals surface area contributed by atoms with Gasteiger partial charge >= 0.3 is 0 Å². The zero-order valence-corrected chi connectivity index (χ0v) is 14.6. The summed E-state index contributed by atoms with van der Waals surface area (Å²) in [5, 5.41) is 0. The van der Waals surface area contributed by atoms with Crippen LogP contribution < -0.4 is 0 Å². The molecule has 0 aliphatic rings. The number of rotatable bonds is 1. The van der Waals surface area contributed by atoms with E-state index in [0.717, 1.165) is 5.92 Å². The molecule has 0 heteroatoms. The minimum atomic E-state index is 0.229. The molecule has 0 saturated carbocycles. The van der Waals surface area contributed by atoms with Crippen molar-refractivity contribution in [3.8, 4) is 0 Å². The molecule has 18 heavy (non-hydrogen) atoms. The van der Waals surface area contributed by atoms with E-state index in [-0.39, 0.29) is 5.41 Å². The van der Waals surface area contributed by atoms with Crippen molar-refractivity contribution in [2.75, 3.05) is 0 Å². The van der Waals surface area contributed by atoms with E-state index in [4.69, 9.17) is 0 Å². The van der Waals surface area contributed by atoms with Gasteiger partial charge in [0.25, 0.3) is 0 Å². The molecule has 0 amide bonds. The summed E-state index contributed by atoms with van der Waals surface area (Å²) in [6, 6.07) is 0. The van der Waals surface area contributed by atoms with Crippen LogP contribution in [-0.4, -0.2) is 0 Å². The highest BCUT2D eigenvalue weighted by atomic mass is 14.2. The molecule has 0 nitrogen and oxygen atoms in total. The maximum Gasteiger partial charge on any atom is -0.0138 e. The Bertz CT molecular complexity index is 174. The minimum Gasteiger partial charge on any atom is -0.106 e. The molecule has 0 radical (unpaired) electrons. The van der Waals surface area contributed by atoms with Crippen molar-refractivity contribution >= 4 is 0 Å². The molecule has 0 aliphatic heterocycles. The molecule has 0 aromatic heterocycles. The van der Waals surface area contributed by atoms with Gasteiger partial charge in [-0.1, -0.05) is 86.1 Å². The Balaban J connectivity index is -0.0000000909. The van der Waals surface area contributed by atoms with Gasteiger partial charge in [0.2, 0.25) is 0 Å². The van der Waals surface area contributed by atoms with Gasteiger partial charge in [0.1, 0.15) is 0 Å². The van der Waals surface area contributed by atoms with E-state index in [1.807, 2.05) is 13.0 Å². The standard InChI is InChI=1S/C9H16.C4H10.C3H8.C2H4/c1-6-7-8(2)9(3,4)5;1-4(2)3;1-3-2;1-2/h6-7H,2H2,1,3-5H3;4H,1-3H3;3H2,1-2H3;1-2H2/b7-6-;;;. The lowest BCUT2D eigenvalue weighted by atomic mass is 9.87. The fraction of sp³-hybridized carbons (Fsp3) is 0.667. The molecule has 0 atom stereocenters. The quantitative estimate of drug-likeness (QED) is 0.347. The van der Waals surface area contributed by atoms with Crippen molar-refractivity contribution in [2.24, 2.45) is 11.3 Å². The minimum absolute atomic E-state index is 0.229. The SMILES string of the molecule is C=C.C=C(/C=C\C)C(C)(C)C.CC(C)C.CCC. The van der Waals surface area contributed by atoms with Crippen molar-refractivity contribution in [1.29, 1.82) is 0 Å². The van der Waals surface area contributed by atoms with Crippen LogP contribution in [0.1, 0.15) is 68.7 Å². The van der Waals surface area contributed by atoms with Crippen molar-refractivity contribution in [1.82, 2.24) is 0 Å². The smallest absolute Gasteiger partial charge is 0.0138 e. The van der Waals surface area contributed by atoms with Crippen LogP contribution >= 0.6 is 0 Å². The Kier molecular flexibility index (Phi) is 26.8. The first kappa shape index (κ1) is 25.9. The monoisotopic (exact) mass is 254 g/mol. The van der Waals surface area contributed by atoms with Crippen molar-refractivity contribution < 1.29 is 0 Å². The molecule has 110 valence electrons. The molecule has 0 heterocycles. The van der Waals surface area contributed by atoms with Gasteiger partial charge in [-0.25, -0.2) is 0 Å². The van der Waals surface area contributed by atoms with Crippen LogP contribution in [0.25, 0.3) is 0 Å². The average molecular weight is 255 g/mol. The molecule has 0 rings (SSSR count). The largest absolute Gasteiger partial charge is 0.106 e. The van der Waals surface area contributed by atoms with Gasteiger partial charge in [-0.2, -0.15) is 0 Å². The lowest BCUT2D eigenvalue weighted by Crippen LogP contribution is -2.05. The van der Waals surface area contributed by atoms with Gasteiger partial charge in [-0.15, -0.1) is 13.2 Å². The predicted molar refractivity (Wildman–Crippen MR) is 91.1 cm³/mol. The van der Waals surface area contributed by atoms with Gasteiger partial charge in [0.15, 0.2) is 0 Å². The summed E-state index contributed by atoms with van der Waals surface area (Å²) in [6.45, 7) is 29.2. The summed E-state index contributed by atoms with van der Waals surface area (Å²) in [7, 11) is 0. The number of hydrogen-bond donors (Lipinski definition) is 0. The van der Waals surface area contributed by atoms with E-state index >= 15 is 0 Å². The summed E-state index contributed by atoms with van der Waals surface area (Å²) in [4.78, 5) is 0. The molecule has 0 saturated heterocycles. The Labute approximate surface area is 118 Å². The lowest BCUT2D eigenvalue weighted by molar-refractivity contribution is 0.519. The van der Waals surface area contributed by atoms with Crippen LogP contribution in [0.4, 0.5) is 0 Å². The van der Waals surface area contributed by atoms with Gasteiger partial charge in [0.05, 0.1) is 0 Å². The molecular formula is C18H38. The third-order valence-corrected chi connectivity index (χ3v) is 1.33. The molecule has 0 aromatic carbocycles. The summed E-state index contributed by atoms with van der Waals surface area (Å²) >= 11 is 0. The van der Waals surface area contributed by atoms with Crippen LogP contribution in [0.15, 0.2) is 37.5 Å². The van der Waals surface area contributed by atoms with E-state index in [1.54, 1.807) is 0 Å². The summed E-state index contributed by atoms with van der Waals surface area (Å²) < 4.78 is 0. The summed E-state index contributed by atoms with van der Waals surface area (Å²) in [5.41, 5.74) is 1.41. The molecule has 0 spiro atoms. The zero-order valence-electron chi connectivity index (χ0n) is 14.6. The normalized spacial score (nSPS) is 9.44. The second-order valence-electron chi connectivity index (χ2n) is 5.71. The van der Waals surface area contributed by atoms with Gasteiger partial charge < -0.3 is 0 Å². The molecule has 0 bridgehead atoms. The Morgan fingerprint density at radius 1 is 1.06 bits per heavy atom. The third-order valence-electron chi connectivity index (χ3n) is 1.33. The lowest BCUT2D eigenvalue weighted by Gasteiger charge is -2.18. The van der Waals surface area contributed by atoms with Crippen molar-refractivity contribution in [3.05, 3.63) is 37.5 Å². The van der Waals surface area contributed by atoms with E-state index in [1.165, 1.54) is 12.0 Å². The second-order valence-corrected chi connectivity index (χ2v) is 5.71. The van der Waals surface area contributed by atoms with Crippen molar-refractivity contribution in [3.63, 3.8) is 0 Å². The van der Waals surface area contributed by atoms with E-state index < -0.39 is 0 Å². The Hall–Kier alpha value is -0.780. The van der Waals surface area contributed by atoms with Crippen LogP contribution in [0.2, 0.25) is 0 Å². The van der Waals surface area contributed by atoms with E-state index in [0.29, 0.717) is 0 Å². The fourth-order valence-electron chi connectivity index (χ4n) is 0.451. The topological polar surface area (TPSA) is 0 Å². The molecular weight excluding hydrogens is 216 g/mol. The van der Waals surface area contributed by atoms with Crippen molar-refractivity contribution in [2.45, 2.75) is 68.7 Å². The van der Waals surface area contributed by atoms with Crippen LogP contribution in [0.5, 0.6) is 0 Å². The van der Waals surface area contributed by atoms with Gasteiger partial charge in [-0.05, 0) is 18.3 Å². The Morgan fingerprint density at radius 3 is 1.33 bits per heavy atom. The van der Waals surface area contributed by atoms with Crippen LogP contribution in [0.3, 0.4) is 0 Å². The molecule has 0 aromatic rings. The molecule has 0 N–H and O–H groups in total. The predicted octanol–water partition coefficient (Wildman–Crippen LogP) is 7.05. The highest BCUT2D eigenvalue weighted by Gasteiger charge is 2.10. The zero-order chi connectivity index (χ0) is 15.8. The first-order valence-corrected chi connectivity index (χ1v) is 6.95. The highest BCUT2D eigenvalue weighted by Crippen LogP contribution is 2.23. The fourth-order valence-corrected chi connectivity index (χ4v) is 0.451. The maximum atomic E-state index is 3.93. The van der Waals surface area contributed by atoms with E-state index in [9.17, 15) is 0 Å². The third kappa shape index (κ3) is 45.5. The van der Waals surface area contributed by atoms with Crippen LogP contribution in [-0.2, 0) is 0 Å².